The summed E-state index contributed by atoms with van der Waals surface area (Å²) < 4.78 is 2.15. The maximum absolute atomic E-state index is 9.18. The zero-order valence-corrected chi connectivity index (χ0v) is 9.66. The molecule has 0 atom stereocenters. The highest BCUT2D eigenvalue weighted by Crippen LogP contribution is 2.32. The van der Waals surface area contributed by atoms with E-state index in [0.717, 1.165) is 11.4 Å². The van der Waals surface area contributed by atoms with E-state index in [4.69, 9.17) is 0 Å². The van der Waals surface area contributed by atoms with Crippen LogP contribution in [0.2, 0.25) is 0 Å². The van der Waals surface area contributed by atoms with Crippen molar-refractivity contribution in [1.82, 2.24) is 9.55 Å². The van der Waals surface area contributed by atoms with Crippen molar-refractivity contribution in [3.8, 4) is 0 Å². The van der Waals surface area contributed by atoms with Gasteiger partial charge in [0.1, 0.15) is 5.82 Å². The van der Waals surface area contributed by atoms with Gasteiger partial charge in [-0.2, -0.15) is 0 Å². The van der Waals surface area contributed by atoms with Crippen molar-refractivity contribution in [3.63, 3.8) is 0 Å². The van der Waals surface area contributed by atoms with Crippen LogP contribution in [-0.2, 0) is 13.7 Å². The summed E-state index contributed by atoms with van der Waals surface area (Å²) in [6, 6.07) is 0. The number of imidazole rings is 1. The Bertz CT molecular complexity index is 338. The minimum Gasteiger partial charge on any atom is -0.390 e. The summed E-state index contributed by atoms with van der Waals surface area (Å²) in [5.41, 5.74) is 1.95. The van der Waals surface area contributed by atoms with E-state index in [1.165, 1.54) is 37.9 Å². The molecule has 1 aliphatic rings. The second kappa shape index (κ2) is 4.35. The highest BCUT2D eigenvalue weighted by molar-refractivity contribution is 5.17. The first-order valence-corrected chi connectivity index (χ1v) is 5.87. The van der Waals surface area contributed by atoms with Crippen LogP contribution < -0.4 is 0 Å². The zero-order valence-electron chi connectivity index (χ0n) is 9.66. The average Bonchev–Trinajstić information content (AvgIpc) is 2.57. The molecular weight excluding hydrogens is 188 g/mol. The van der Waals surface area contributed by atoms with E-state index in [-0.39, 0.29) is 6.61 Å². The molecule has 3 heteroatoms. The minimum atomic E-state index is 0.0619. The Morgan fingerprint density at radius 3 is 2.53 bits per heavy atom. The first-order chi connectivity index (χ1) is 7.24. The summed E-state index contributed by atoms with van der Waals surface area (Å²) in [4.78, 5) is 4.56. The zero-order chi connectivity index (χ0) is 10.8. The number of rotatable bonds is 2. The van der Waals surface area contributed by atoms with Gasteiger partial charge in [-0.25, -0.2) is 4.98 Å². The van der Waals surface area contributed by atoms with Gasteiger partial charge in [-0.15, -0.1) is 0 Å². The van der Waals surface area contributed by atoms with Crippen molar-refractivity contribution in [2.24, 2.45) is 7.05 Å². The Morgan fingerprint density at radius 2 is 2.00 bits per heavy atom. The molecule has 0 amide bonds. The van der Waals surface area contributed by atoms with Crippen LogP contribution in [0.15, 0.2) is 0 Å². The fourth-order valence-electron chi connectivity index (χ4n) is 2.54. The molecule has 0 spiro atoms. The van der Waals surface area contributed by atoms with Crippen LogP contribution in [0.3, 0.4) is 0 Å². The third-order valence-electron chi connectivity index (χ3n) is 3.63. The van der Waals surface area contributed by atoms with Crippen LogP contribution in [0.1, 0.15) is 55.2 Å². The molecule has 0 unspecified atom stereocenters. The van der Waals surface area contributed by atoms with Crippen LogP contribution >= 0.6 is 0 Å². The molecule has 0 aliphatic heterocycles. The molecule has 1 saturated carbocycles. The fraction of sp³-hybridized carbons (Fsp3) is 0.750. The van der Waals surface area contributed by atoms with Crippen LogP contribution in [0.4, 0.5) is 0 Å². The van der Waals surface area contributed by atoms with Crippen LogP contribution in [-0.4, -0.2) is 14.7 Å². The third kappa shape index (κ3) is 1.93. The molecule has 2 rings (SSSR count). The lowest BCUT2D eigenvalue weighted by Gasteiger charge is -2.21. The second-order valence-electron chi connectivity index (χ2n) is 4.55. The largest absolute Gasteiger partial charge is 0.390 e. The molecule has 1 aliphatic carbocycles. The number of hydrogen-bond acceptors (Lipinski definition) is 2. The van der Waals surface area contributed by atoms with Crippen molar-refractivity contribution in [2.45, 2.75) is 51.6 Å². The van der Waals surface area contributed by atoms with Gasteiger partial charge in [0.05, 0.1) is 12.3 Å². The second-order valence-corrected chi connectivity index (χ2v) is 4.55. The topological polar surface area (TPSA) is 38.1 Å². The summed E-state index contributed by atoms with van der Waals surface area (Å²) in [5, 5.41) is 9.18. The van der Waals surface area contributed by atoms with E-state index in [2.05, 4.69) is 16.6 Å². The predicted molar refractivity (Wildman–Crippen MR) is 59.7 cm³/mol. The van der Waals surface area contributed by atoms with Crippen molar-refractivity contribution in [3.05, 3.63) is 17.2 Å². The lowest BCUT2D eigenvalue weighted by molar-refractivity contribution is 0.276. The van der Waals surface area contributed by atoms with Crippen molar-refractivity contribution >= 4 is 0 Å². The van der Waals surface area contributed by atoms with Crippen LogP contribution in [0.5, 0.6) is 0 Å². The summed E-state index contributed by atoms with van der Waals surface area (Å²) in [6.45, 7) is 2.09. The molecule has 3 nitrogen and oxygen atoms in total. The molecular formula is C12H20N2O. The van der Waals surface area contributed by atoms with Gasteiger partial charge in [-0.05, 0) is 19.8 Å². The molecule has 0 saturated heterocycles. The quantitative estimate of drug-likeness (QED) is 0.809. The van der Waals surface area contributed by atoms with E-state index >= 15 is 0 Å². The number of aromatic nitrogens is 2. The Hall–Kier alpha value is -0.830. The van der Waals surface area contributed by atoms with E-state index in [1.54, 1.807) is 0 Å². The van der Waals surface area contributed by atoms with Crippen molar-refractivity contribution in [2.75, 3.05) is 0 Å². The Morgan fingerprint density at radius 1 is 1.33 bits per heavy atom. The summed E-state index contributed by atoms with van der Waals surface area (Å²) in [7, 11) is 2.06. The smallest absolute Gasteiger partial charge is 0.112 e. The number of hydrogen-bond donors (Lipinski definition) is 1. The van der Waals surface area contributed by atoms with Gasteiger partial charge in [0.25, 0.3) is 0 Å². The Labute approximate surface area is 91.1 Å². The monoisotopic (exact) mass is 208 g/mol. The number of aliphatic hydroxyl groups is 1. The SMILES string of the molecule is Cc1c(CO)nc(C2CCCCC2)n1C. The van der Waals surface area contributed by atoms with E-state index in [1.807, 2.05) is 6.92 Å². The lowest BCUT2D eigenvalue weighted by atomic mass is 9.89. The van der Waals surface area contributed by atoms with Gasteiger partial charge in [0, 0.05) is 18.7 Å². The van der Waals surface area contributed by atoms with Crippen molar-refractivity contribution in [1.29, 1.82) is 0 Å². The summed E-state index contributed by atoms with van der Waals surface area (Å²) >= 11 is 0. The van der Waals surface area contributed by atoms with Gasteiger partial charge < -0.3 is 9.67 Å². The molecule has 1 aromatic rings. The molecule has 84 valence electrons. The van der Waals surface area contributed by atoms with Crippen molar-refractivity contribution < 1.29 is 5.11 Å². The summed E-state index contributed by atoms with van der Waals surface area (Å²) in [5.74, 6) is 1.79. The molecule has 1 aromatic heterocycles. The Balaban J connectivity index is 2.26. The van der Waals surface area contributed by atoms with Gasteiger partial charge in [0.2, 0.25) is 0 Å². The van der Waals surface area contributed by atoms with Gasteiger partial charge in [-0.3, -0.25) is 0 Å². The lowest BCUT2D eigenvalue weighted by Crippen LogP contribution is -2.10. The average molecular weight is 208 g/mol. The standard InChI is InChI=1S/C12H20N2O/c1-9-11(8-15)13-12(14(9)2)10-6-4-3-5-7-10/h10,15H,3-8H2,1-2H3. The highest BCUT2D eigenvalue weighted by atomic mass is 16.3. The van der Waals surface area contributed by atoms with Gasteiger partial charge >= 0.3 is 0 Å². The summed E-state index contributed by atoms with van der Waals surface area (Å²) in [6.07, 6.45) is 6.53. The molecule has 1 N–H and O–H groups in total. The van der Waals surface area contributed by atoms with Crippen LogP contribution in [0, 0.1) is 6.92 Å². The third-order valence-corrected chi connectivity index (χ3v) is 3.63. The normalized spacial score (nSPS) is 18.3. The maximum atomic E-state index is 9.18. The maximum Gasteiger partial charge on any atom is 0.112 e. The minimum absolute atomic E-state index is 0.0619. The highest BCUT2D eigenvalue weighted by Gasteiger charge is 2.21. The number of aliphatic hydroxyl groups excluding tert-OH is 1. The first kappa shape index (κ1) is 10.7. The molecule has 0 radical (unpaired) electrons. The van der Waals surface area contributed by atoms with Gasteiger partial charge in [-0.1, -0.05) is 19.3 Å². The Kier molecular flexibility index (Phi) is 3.10. The van der Waals surface area contributed by atoms with E-state index in [0.29, 0.717) is 5.92 Å². The first-order valence-electron chi connectivity index (χ1n) is 5.87. The predicted octanol–water partition coefficient (Wildman–Crippen LogP) is 2.27. The van der Waals surface area contributed by atoms with Gasteiger partial charge in [0.15, 0.2) is 0 Å². The van der Waals surface area contributed by atoms with E-state index in [9.17, 15) is 5.11 Å². The molecule has 1 heterocycles. The van der Waals surface area contributed by atoms with E-state index < -0.39 is 0 Å². The molecule has 1 fully saturated rings. The molecule has 0 bridgehead atoms. The van der Waals surface area contributed by atoms with Crippen LogP contribution in [0.25, 0.3) is 0 Å². The molecule has 0 aromatic carbocycles. The molecule has 15 heavy (non-hydrogen) atoms. The fourth-order valence-corrected chi connectivity index (χ4v) is 2.54. The number of nitrogens with zero attached hydrogens (tertiary/aromatic N) is 2.